The number of ether oxygens (including phenoxy) is 1. The van der Waals surface area contributed by atoms with Gasteiger partial charge in [-0.25, -0.2) is 4.98 Å². The maximum absolute atomic E-state index is 13.5. The van der Waals surface area contributed by atoms with Crippen molar-refractivity contribution < 1.29 is 9.53 Å². The summed E-state index contributed by atoms with van der Waals surface area (Å²) in [6, 6.07) is 3.83. The molecule has 9 heteroatoms. The van der Waals surface area contributed by atoms with Crippen LogP contribution in [0.5, 0.6) is 0 Å². The zero-order chi connectivity index (χ0) is 22.2. The Morgan fingerprint density at radius 1 is 1.22 bits per heavy atom. The van der Waals surface area contributed by atoms with Crippen LogP contribution in [0.2, 0.25) is 0 Å². The Labute approximate surface area is 196 Å². The molecule has 0 bridgehead atoms. The second-order valence-electron chi connectivity index (χ2n) is 8.56. The predicted molar refractivity (Wildman–Crippen MR) is 131 cm³/mol. The van der Waals surface area contributed by atoms with E-state index in [4.69, 9.17) is 21.9 Å². The number of carbonyl (C=O) groups excluding carboxylic acids is 1. The minimum absolute atomic E-state index is 0.0247. The highest BCUT2D eigenvalue weighted by atomic mass is 32.2. The zero-order valence-electron chi connectivity index (χ0n) is 18.1. The van der Waals surface area contributed by atoms with Gasteiger partial charge in [0.25, 0.3) is 11.5 Å². The second kappa shape index (κ2) is 8.96. The Morgan fingerprint density at radius 2 is 2.03 bits per heavy atom. The number of anilines is 1. The van der Waals surface area contributed by atoms with Crippen LogP contribution in [0, 0.1) is 6.92 Å². The molecule has 0 unspecified atom stereocenters. The first-order chi connectivity index (χ1) is 15.5. The van der Waals surface area contributed by atoms with E-state index in [-0.39, 0.29) is 17.6 Å². The van der Waals surface area contributed by atoms with Gasteiger partial charge in [0.05, 0.1) is 23.1 Å². The first-order valence-electron chi connectivity index (χ1n) is 11.2. The van der Waals surface area contributed by atoms with Gasteiger partial charge in [0, 0.05) is 25.9 Å². The zero-order valence-corrected chi connectivity index (χ0v) is 19.7. The van der Waals surface area contributed by atoms with Crippen molar-refractivity contribution >= 4 is 51.7 Å². The molecule has 0 N–H and O–H groups in total. The molecule has 32 heavy (non-hydrogen) atoms. The van der Waals surface area contributed by atoms with Crippen molar-refractivity contribution in [1.82, 2.24) is 14.3 Å². The number of nitrogens with zero attached hydrogens (tertiary/aromatic N) is 4. The van der Waals surface area contributed by atoms with Gasteiger partial charge in [0.2, 0.25) is 0 Å². The summed E-state index contributed by atoms with van der Waals surface area (Å²) in [5, 5.41) is 0. The highest BCUT2D eigenvalue weighted by Gasteiger charge is 2.35. The van der Waals surface area contributed by atoms with Crippen molar-refractivity contribution in [3.8, 4) is 0 Å². The molecule has 1 amide bonds. The van der Waals surface area contributed by atoms with E-state index in [1.54, 1.807) is 21.6 Å². The Kier molecular flexibility index (Phi) is 6.05. The highest BCUT2D eigenvalue weighted by molar-refractivity contribution is 8.26. The van der Waals surface area contributed by atoms with Gasteiger partial charge < -0.3 is 9.64 Å². The van der Waals surface area contributed by atoms with Gasteiger partial charge in [-0.15, -0.1) is 0 Å². The van der Waals surface area contributed by atoms with Crippen LogP contribution < -0.4 is 10.5 Å². The van der Waals surface area contributed by atoms with Gasteiger partial charge in [0.1, 0.15) is 15.8 Å². The van der Waals surface area contributed by atoms with Gasteiger partial charge in [-0.2, -0.15) is 0 Å². The molecule has 0 aliphatic carbocycles. The third-order valence-corrected chi connectivity index (χ3v) is 7.58. The van der Waals surface area contributed by atoms with Crippen LogP contribution in [-0.4, -0.2) is 56.9 Å². The summed E-state index contributed by atoms with van der Waals surface area (Å²) < 4.78 is 7.78. The van der Waals surface area contributed by atoms with Gasteiger partial charge in [-0.3, -0.25) is 18.9 Å². The lowest BCUT2D eigenvalue weighted by Crippen LogP contribution is -2.35. The summed E-state index contributed by atoms with van der Waals surface area (Å²) >= 11 is 6.74. The number of carbonyl (C=O) groups is 1. The Bertz CT molecular complexity index is 1160. The maximum Gasteiger partial charge on any atom is 0.267 e. The van der Waals surface area contributed by atoms with Crippen molar-refractivity contribution in [3.05, 3.63) is 44.7 Å². The van der Waals surface area contributed by atoms with E-state index in [0.717, 1.165) is 50.9 Å². The third kappa shape index (κ3) is 4.09. The van der Waals surface area contributed by atoms with E-state index in [9.17, 15) is 9.59 Å². The van der Waals surface area contributed by atoms with Crippen LogP contribution >= 0.6 is 24.0 Å². The fraction of sp³-hybridized carbons (Fsp3) is 0.478. The fourth-order valence-electron chi connectivity index (χ4n) is 4.50. The normalized spacial score (nSPS) is 23.2. The van der Waals surface area contributed by atoms with Crippen molar-refractivity contribution in [2.75, 3.05) is 31.1 Å². The predicted octanol–water partition coefficient (Wildman–Crippen LogP) is 3.37. The smallest absolute Gasteiger partial charge is 0.267 e. The van der Waals surface area contributed by atoms with Gasteiger partial charge in [0.15, 0.2) is 0 Å². The summed E-state index contributed by atoms with van der Waals surface area (Å²) in [6.45, 7) is 4.85. The number of aryl methyl sites for hydroxylation is 1. The monoisotopic (exact) mass is 470 g/mol. The van der Waals surface area contributed by atoms with E-state index in [1.165, 1.54) is 18.2 Å². The molecule has 7 nitrogen and oxygen atoms in total. The third-order valence-electron chi connectivity index (χ3n) is 6.20. The first-order valence-corrected chi connectivity index (χ1v) is 12.4. The van der Waals surface area contributed by atoms with Crippen LogP contribution in [0.15, 0.2) is 28.0 Å². The summed E-state index contributed by atoms with van der Waals surface area (Å²) in [5.74, 6) is 0.497. The van der Waals surface area contributed by atoms with Crippen molar-refractivity contribution in [3.63, 3.8) is 0 Å². The Balaban J connectivity index is 1.57. The van der Waals surface area contributed by atoms with Crippen LogP contribution in [0.3, 0.4) is 0 Å². The van der Waals surface area contributed by atoms with Crippen molar-refractivity contribution in [2.24, 2.45) is 0 Å². The molecule has 5 heterocycles. The molecular formula is C23H26N4O3S2. The van der Waals surface area contributed by atoms with E-state index in [0.29, 0.717) is 32.8 Å². The molecule has 3 aliphatic heterocycles. The largest absolute Gasteiger partial charge is 0.376 e. The maximum atomic E-state index is 13.5. The number of rotatable bonds is 4. The molecule has 168 valence electrons. The summed E-state index contributed by atoms with van der Waals surface area (Å²) in [4.78, 5) is 35.8. The minimum Gasteiger partial charge on any atom is -0.376 e. The quantitative estimate of drug-likeness (QED) is 0.501. The molecule has 1 atom stereocenters. The van der Waals surface area contributed by atoms with Crippen LogP contribution in [0.1, 0.15) is 43.2 Å². The standard InChI is InChI=1S/C23H26N4O3S2/c1-15-7-8-19-24-20(25-9-3-2-4-10-25)17(21(28)26(19)13-15)12-18-22(29)27(23(31)32-18)14-16-6-5-11-30-16/h7-8,12-13,16H,2-6,9-11,14H2,1H3/b18-12-/t16-/m1/s1. The first kappa shape index (κ1) is 21.6. The van der Waals surface area contributed by atoms with Crippen LogP contribution in [-0.2, 0) is 9.53 Å². The summed E-state index contributed by atoms with van der Waals surface area (Å²) in [7, 11) is 0. The molecule has 5 rings (SSSR count). The molecule has 0 aromatic carbocycles. The number of aromatic nitrogens is 2. The van der Waals surface area contributed by atoms with Gasteiger partial charge in [-0.05, 0) is 56.7 Å². The number of fused-ring (bicyclic) bond motifs is 1. The number of piperidine rings is 1. The highest BCUT2D eigenvalue weighted by Crippen LogP contribution is 2.34. The number of amides is 1. The number of pyridine rings is 1. The molecule has 0 spiro atoms. The summed E-state index contributed by atoms with van der Waals surface area (Å²) in [6.07, 6.45) is 8.78. The SMILES string of the molecule is Cc1ccc2nc(N3CCCCC3)c(/C=C3\SC(=S)N(C[C@H]4CCCO4)C3=O)c(=O)n2c1. The topological polar surface area (TPSA) is 67.2 Å². The second-order valence-corrected chi connectivity index (χ2v) is 10.2. The summed E-state index contributed by atoms with van der Waals surface area (Å²) in [5.41, 5.74) is 1.88. The molecule has 3 aliphatic rings. The molecule has 0 saturated carbocycles. The molecule has 0 radical (unpaired) electrons. The number of thioether (sulfide) groups is 1. The lowest BCUT2D eigenvalue weighted by molar-refractivity contribution is -0.123. The number of thiocarbonyl (C=S) groups is 1. The van der Waals surface area contributed by atoms with Crippen LogP contribution in [0.25, 0.3) is 11.7 Å². The van der Waals surface area contributed by atoms with Crippen LogP contribution in [0.4, 0.5) is 5.82 Å². The molecule has 2 aromatic rings. The lowest BCUT2D eigenvalue weighted by Gasteiger charge is -2.29. The lowest BCUT2D eigenvalue weighted by atomic mass is 10.1. The van der Waals surface area contributed by atoms with E-state index >= 15 is 0 Å². The average molecular weight is 471 g/mol. The van der Waals surface area contributed by atoms with Gasteiger partial charge >= 0.3 is 0 Å². The minimum atomic E-state index is -0.163. The van der Waals surface area contributed by atoms with E-state index < -0.39 is 0 Å². The Hall–Kier alpha value is -2.23. The average Bonchev–Trinajstić information content (AvgIpc) is 3.40. The van der Waals surface area contributed by atoms with E-state index in [2.05, 4.69) is 4.90 Å². The molecule has 3 saturated heterocycles. The fourth-order valence-corrected chi connectivity index (χ4v) is 5.76. The number of hydrogen-bond acceptors (Lipinski definition) is 7. The molecular weight excluding hydrogens is 444 g/mol. The Morgan fingerprint density at radius 3 is 2.78 bits per heavy atom. The number of hydrogen-bond donors (Lipinski definition) is 0. The van der Waals surface area contributed by atoms with Crippen molar-refractivity contribution in [1.29, 1.82) is 0 Å². The molecule has 2 aromatic heterocycles. The van der Waals surface area contributed by atoms with Gasteiger partial charge in [-0.1, -0.05) is 30.0 Å². The molecule has 3 fully saturated rings. The van der Waals surface area contributed by atoms with Crippen molar-refractivity contribution in [2.45, 2.75) is 45.1 Å². The van der Waals surface area contributed by atoms with E-state index in [1.807, 2.05) is 19.1 Å².